The van der Waals surface area contributed by atoms with Gasteiger partial charge in [-0.2, -0.15) is 13.2 Å². The Bertz CT molecular complexity index is 758. The average Bonchev–Trinajstić information content (AvgIpc) is 2.57. The van der Waals surface area contributed by atoms with Crippen LogP contribution in [0, 0.1) is 5.92 Å². The number of rotatable bonds is 4. The summed E-state index contributed by atoms with van der Waals surface area (Å²) in [6.07, 6.45) is -1.43. The summed E-state index contributed by atoms with van der Waals surface area (Å²) >= 11 is 0. The monoisotopic (exact) mass is 399 g/mol. The Hall–Kier alpha value is -2.51. The summed E-state index contributed by atoms with van der Waals surface area (Å²) in [6, 6.07) is 3.21. The number of nitrogens with zero attached hydrogens (tertiary/aromatic N) is 1. The number of piperidine rings is 1. The predicted octanol–water partition coefficient (Wildman–Crippen LogP) is 4.36. The van der Waals surface area contributed by atoms with Crippen LogP contribution in [0.3, 0.4) is 0 Å². The number of alkyl halides is 3. The van der Waals surface area contributed by atoms with Crippen molar-refractivity contribution in [3.63, 3.8) is 0 Å². The summed E-state index contributed by atoms with van der Waals surface area (Å²) in [4.78, 5) is 24.8. The van der Waals surface area contributed by atoms with Gasteiger partial charge in [-0.15, -0.1) is 0 Å². The molecule has 0 spiro atoms. The van der Waals surface area contributed by atoms with Crippen LogP contribution >= 0.6 is 0 Å². The molecule has 1 aliphatic rings. The van der Waals surface area contributed by atoms with E-state index in [1.807, 2.05) is 0 Å². The molecule has 0 unspecified atom stereocenters. The minimum atomic E-state index is -4.50. The van der Waals surface area contributed by atoms with E-state index in [0.717, 1.165) is 18.2 Å². The molecule has 1 heterocycles. The van der Waals surface area contributed by atoms with E-state index in [0.29, 0.717) is 37.2 Å². The van der Waals surface area contributed by atoms with Gasteiger partial charge in [0.2, 0.25) is 0 Å². The first-order valence-corrected chi connectivity index (χ1v) is 8.97. The fourth-order valence-electron chi connectivity index (χ4n) is 3.04. The van der Waals surface area contributed by atoms with Gasteiger partial charge in [0.1, 0.15) is 5.60 Å². The maximum absolute atomic E-state index is 13.1. The molecule has 1 aromatic rings. The van der Waals surface area contributed by atoms with Gasteiger partial charge in [-0.05, 0) is 57.4 Å². The van der Waals surface area contributed by atoms with Crippen molar-refractivity contribution in [2.24, 2.45) is 5.92 Å². The summed E-state index contributed by atoms with van der Waals surface area (Å²) in [5, 5.41) is 8.82. The van der Waals surface area contributed by atoms with Crippen molar-refractivity contribution >= 4 is 23.7 Å². The molecule has 0 atom stereocenters. The molecule has 1 aliphatic heterocycles. The first-order chi connectivity index (χ1) is 12.9. The molecular formula is C20H24F3NO4. The van der Waals surface area contributed by atoms with Crippen molar-refractivity contribution in [1.82, 2.24) is 0 Å². The Morgan fingerprint density at radius 2 is 1.79 bits per heavy atom. The van der Waals surface area contributed by atoms with Crippen molar-refractivity contribution in [2.45, 2.75) is 45.4 Å². The summed E-state index contributed by atoms with van der Waals surface area (Å²) in [5.41, 5.74) is -0.713. The van der Waals surface area contributed by atoms with Gasteiger partial charge in [0.25, 0.3) is 0 Å². The van der Waals surface area contributed by atoms with Crippen molar-refractivity contribution in [1.29, 1.82) is 0 Å². The quantitative estimate of drug-likeness (QED) is 0.602. The first-order valence-electron chi connectivity index (χ1n) is 8.97. The summed E-state index contributed by atoms with van der Waals surface area (Å²) in [6.45, 7) is 6.09. The van der Waals surface area contributed by atoms with E-state index in [4.69, 9.17) is 9.84 Å². The molecule has 1 saturated heterocycles. The second kappa shape index (κ2) is 8.24. The molecule has 5 nitrogen and oxygen atoms in total. The lowest BCUT2D eigenvalue weighted by Crippen LogP contribution is -2.39. The summed E-state index contributed by atoms with van der Waals surface area (Å²) < 4.78 is 44.7. The fourth-order valence-corrected chi connectivity index (χ4v) is 3.04. The molecule has 0 bridgehead atoms. The minimum Gasteiger partial charge on any atom is -0.478 e. The van der Waals surface area contributed by atoms with E-state index in [2.05, 4.69) is 0 Å². The first kappa shape index (κ1) is 21.8. The molecule has 2 rings (SSSR count). The molecule has 28 heavy (non-hydrogen) atoms. The van der Waals surface area contributed by atoms with E-state index in [9.17, 15) is 22.8 Å². The summed E-state index contributed by atoms with van der Waals surface area (Å²) in [7, 11) is 0. The van der Waals surface area contributed by atoms with E-state index >= 15 is 0 Å². The number of carbonyl (C=O) groups excluding carboxylic acids is 1. The Labute approximate surface area is 161 Å². The third-order valence-electron chi connectivity index (χ3n) is 4.34. The molecule has 0 saturated carbocycles. The van der Waals surface area contributed by atoms with Gasteiger partial charge in [0, 0.05) is 24.9 Å². The van der Waals surface area contributed by atoms with E-state index in [1.165, 1.54) is 12.1 Å². The van der Waals surface area contributed by atoms with Gasteiger partial charge in [-0.1, -0.05) is 6.07 Å². The van der Waals surface area contributed by atoms with Crippen LogP contribution in [0.1, 0.15) is 44.7 Å². The number of ether oxygens (including phenoxy) is 1. The number of benzene rings is 1. The van der Waals surface area contributed by atoms with Gasteiger partial charge in [-0.25, -0.2) is 4.79 Å². The highest BCUT2D eigenvalue weighted by atomic mass is 19.4. The van der Waals surface area contributed by atoms with Crippen molar-refractivity contribution in [2.75, 3.05) is 18.0 Å². The number of hydrogen-bond acceptors (Lipinski definition) is 4. The number of halogens is 3. The number of carboxylic acids is 1. The van der Waals surface area contributed by atoms with Crippen LogP contribution < -0.4 is 4.90 Å². The highest BCUT2D eigenvalue weighted by molar-refractivity contribution is 5.87. The molecule has 1 fully saturated rings. The van der Waals surface area contributed by atoms with Gasteiger partial charge in [-0.3, -0.25) is 4.79 Å². The highest BCUT2D eigenvalue weighted by Crippen LogP contribution is 2.35. The SMILES string of the molecule is CC(C)(C)OC(=O)C1CCN(c2cc(C(F)(F)F)ccc2/C=C\C(=O)O)CC1. The second-order valence-electron chi connectivity index (χ2n) is 7.74. The molecule has 0 aromatic heterocycles. The minimum absolute atomic E-state index is 0.301. The van der Waals surface area contributed by atoms with Crippen LogP contribution in [0.25, 0.3) is 6.08 Å². The topological polar surface area (TPSA) is 66.8 Å². The number of esters is 1. The van der Waals surface area contributed by atoms with E-state index < -0.39 is 23.3 Å². The number of aliphatic carboxylic acids is 1. The number of carboxylic acid groups (broad SMARTS) is 1. The standard InChI is InChI=1S/C20H24F3NO4/c1-19(2,3)28-18(27)14-8-10-24(11-9-14)16-12-15(20(21,22)23)6-4-13(16)5-7-17(25)26/h4-7,12,14H,8-11H2,1-3H3,(H,25,26)/b7-5-. The Kier molecular flexibility index (Phi) is 6.41. The predicted molar refractivity (Wildman–Crippen MR) is 98.9 cm³/mol. The summed E-state index contributed by atoms with van der Waals surface area (Å²) in [5.74, 6) is -1.80. The number of anilines is 1. The molecule has 1 N–H and O–H groups in total. The Morgan fingerprint density at radius 1 is 1.18 bits per heavy atom. The smallest absolute Gasteiger partial charge is 0.416 e. The zero-order valence-corrected chi connectivity index (χ0v) is 16.0. The molecular weight excluding hydrogens is 375 g/mol. The van der Waals surface area contributed by atoms with Crippen LogP contribution in [0.2, 0.25) is 0 Å². The fraction of sp³-hybridized carbons (Fsp3) is 0.500. The second-order valence-corrected chi connectivity index (χ2v) is 7.74. The van der Waals surface area contributed by atoms with Gasteiger partial charge in [0.15, 0.2) is 0 Å². The van der Waals surface area contributed by atoms with Crippen molar-refractivity contribution < 1.29 is 32.6 Å². The van der Waals surface area contributed by atoms with E-state index in [-0.39, 0.29) is 11.9 Å². The third kappa shape index (κ3) is 6.00. The molecule has 0 radical (unpaired) electrons. The third-order valence-corrected chi connectivity index (χ3v) is 4.34. The van der Waals surface area contributed by atoms with Crippen LogP contribution in [0.5, 0.6) is 0 Å². The molecule has 0 amide bonds. The lowest BCUT2D eigenvalue weighted by Gasteiger charge is -2.35. The average molecular weight is 399 g/mol. The molecule has 154 valence electrons. The van der Waals surface area contributed by atoms with Gasteiger partial charge < -0.3 is 14.7 Å². The van der Waals surface area contributed by atoms with Crippen molar-refractivity contribution in [3.05, 3.63) is 35.4 Å². The van der Waals surface area contributed by atoms with Crippen LogP contribution in [0.4, 0.5) is 18.9 Å². The maximum atomic E-state index is 13.1. The van der Waals surface area contributed by atoms with Gasteiger partial charge >= 0.3 is 18.1 Å². The lowest BCUT2D eigenvalue weighted by molar-refractivity contribution is -0.160. The Morgan fingerprint density at radius 3 is 2.29 bits per heavy atom. The Balaban J connectivity index is 2.22. The highest BCUT2D eigenvalue weighted by Gasteiger charge is 2.33. The number of carbonyl (C=O) groups is 2. The van der Waals surface area contributed by atoms with Crippen LogP contribution in [-0.2, 0) is 20.5 Å². The molecule has 8 heteroatoms. The van der Waals surface area contributed by atoms with Crippen molar-refractivity contribution in [3.8, 4) is 0 Å². The maximum Gasteiger partial charge on any atom is 0.416 e. The molecule has 1 aromatic carbocycles. The number of hydrogen-bond donors (Lipinski definition) is 1. The zero-order chi connectivity index (χ0) is 21.1. The zero-order valence-electron chi connectivity index (χ0n) is 16.0. The van der Waals surface area contributed by atoms with Crippen LogP contribution in [-0.4, -0.2) is 35.7 Å². The lowest BCUT2D eigenvalue weighted by atomic mass is 9.95. The van der Waals surface area contributed by atoms with E-state index in [1.54, 1.807) is 25.7 Å². The van der Waals surface area contributed by atoms with Crippen LogP contribution in [0.15, 0.2) is 24.3 Å². The molecule has 0 aliphatic carbocycles. The largest absolute Gasteiger partial charge is 0.478 e. The normalized spacial score (nSPS) is 16.4. The van der Waals surface area contributed by atoms with Gasteiger partial charge in [0.05, 0.1) is 11.5 Å².